The average Bonchev–Trinajstić information content (AvgIpc) is 2.78. The summed E-state index contributed by atoms with van der Waals surface area (Å²) < 4.78 is 2.11. The van der Waals surface area contributed by atoms with Gasteiger partial charge in [-0.25, -0.2) is 0 Å². The second kappa shape index (κ2) is 2.65. The van der Waals surface area contributed by atoms with Crippen molar-refractivity contribution in [2.45, 2.75) is 19.9 Å². The lowest BCUT2D eigenvalue weighted by atomic mass is 10.1. The first kappa shape index (κ1) is 7.70. The summed E-state index contributed by atoms with van der Waals surface area (Å²) in [6.07, 6.45) is 8.61. The third kappa shape index (κ3) is 0.914. The van der Waals surface area contributed by atoms with Crippen molar-refractivity contribution < 1.29 is 0 Å². The molecule has 1 aromatic carbocycles. The van der Waals surface area contributed by atoms with Crippen molar-refractivity contribution in [3.8, 4) is 0 Å². The fraction of sp³-hybridized carbons (Fsp3) is 0.231. The van der Waals surface area contributed by atoms with Gasteiger partial charge in [-0.3, -0.25) is 0 Å². The first-order valence-electron chi connectivity index (χ1n) is 5.01. The van der Waals surface area contributed by atoms with Gasteiger partial charge in [-0.15, -0.1) is 0 Å². The molecule has 0 aliphatic heterocycles. The Morgan fingerprint density at radius 3 is 3.21 bits per heavy atom. The van der Waals surface area contributed by atoms with Gasteiger partial charge in [0, 0.05) is 12.7 Å². The quantitative estimate of drug-likeness (QED) is 0.637. The predicted molar refractivity (Wildman–Crippen MR) is 58.0 cm³/mol. The molecule has 14 heavy (non-hydrogen) atoms. The first-order chi connectivity index (χ1) is 6.88. The molecule has 1 nitrogen and oxygen atoms in total. The SMILES string of the molecule is CCn1c#cc2cc3c(cc21)C=CC3. The van der Waals surface area contributed by atoms with Gasteiger partial charge in [-0.05, 0) is 42.7 Å². The van der Waals surface area contributed by atoms with E-state index in [1.54, 1.807) is 0 Å². The van der Waals surface area contributed by atoms with Gasteiger partial charge in [-0.1, -0.05) is 12.2 Å². The van der Waals surface area contributed by atoms with E-state index < -0.39 is 0 Å². The molecule has 0 radical (unpaired) electrons. The van der Waals surface area contributed by atoms with Crippen LogP contribution in [-0.4, -0.2) is 4.57 Å². The summed E-state index contributed by atoms with van der Waals surface area (Å²) >= 11 is 0. The van der Waals surface area contributed by atoms with Crippen LogP contribution in [0.1, 0.15) is 18.1 Å². The van der Waals surface area contributed by atoms with Crippen LogP contribution in [0.15, 0.2) is 18.2 Å². The minimum absolute atomic E-state index is 0.961. The largest absolute Gasteiger partial charge is 0.300 e. The van der Waals surface area contributed by atoms with E-state index in [1.165, 1.54) is 22.0 Å². The molecule has 0 unspecified atom stereocenters. The zero-order valence-corrected chi connectivity index (χ0v) is 8.17. The Labute approximate surface area is 83.7 Å². The minimum atomic E-state index is 0.961. The number of fused-ring (bicyclic) bond motifs is 2. The molecule has 2 aromatic rings. The van der Waals surface area contributed by atoms with Crippen LogP contribution in [0.4, 0.5) is 0 Å². The Morgan fingerprint density at radius 2 is 2.36 bits per heavy atom. The molecule has 1 aliphatic rings. The molecular weight excluding hydrogens is 170 g/mol. The Morgan fingerprint density at radius 1 is 1.43 bits per heavy atom. The number of aryl methyl sites for hydroxylation is 1. The van der Waals surface area contributed by atoms with Gasteiger partial charge in [0.05, 0.1) is 10.9 Å². The molecule has 0 N–H and O–H groups in total. The molecule has 0 saturated carbocycles. The van der Waals surface area contributed by atoms with Crippen LogP contribution in [0.25, 0.3) is 17.0 Å². The van der Waals surface area contributed by atoms with Crippen LogP contribution in [0, 0.1) is 12.3 Å². The van der Waals surface area contributed by atoms with E-state index in [9.17, 15) is 0 Å². The summed E-state index contributed by atoms with van der Waals surface area (Å²) in [6, 6.07) is 7.65. The highest BCUT2D eigenvalue weighted by molar-refractivity contribution is 5.83. The number of hydrogen-bond donors (Lipinski definition) is 0. The molecule has 3 rings (SSSR count). The van der Waals surface area contributed by atoms with Crippen LogP contribution >= 0.6 is 0 Å². The summed E-state index contributed by atoms with van der Waals surface area (Å²) in [6.45, 7) is 3.09. The molecule has 0 saturated heterocycles. The lowest BCUT2D eigenvalue weighted by Gasteiger charge is -2.02. The Hall–Kier alpha value is -1.68. The number of allylic oxidation sites excluding steroid dienone is 1. The van der Waals surface area contributed by atoms with Crippen LogP contribution in [0.5, 0.6) is 0 Å². The average molecular weight is 181 g/mol. The maximum atomic E-state index is 3.18. The van der Waals surface area contributed by atoms with Gasteiger partial charge in [0.1, 0.15) is 0 Å². The number of aromatic nitrogens is 1. The topological polar surface area (TPSA) is 4.93 Å². The zero-order chi connectivity index (χ0) is 9.54. The molecule has 0 atom stereocenters. The number of nitrogens with zero attached hydrogens (tertiary/aromatic N) is 1. The van der Waals surface area contributed by atoms with Crippen molar-refractivity contribution >= 4 is 17.0 Å². The van der Waals surface area contributed by atoms with Crippen molar-refractivity contribution in [1.29, 1.82) is 0 Å². The Kier molecular flexibility index (Phi) is 1.46. The summed E-state index contributed by atoms with van der Waals surface area (Å²) in [5.41, 5.74) is 4.02. The van der Waals surface area contributed by atoms with E-state index in [-0.39, 0.29) is 0 Å². The van der Waals surface area contributed by atoms with Crippen molar-refractivity contribution in [3.63, 3.8) is 0 Å². The monoisotopic (exact) mass is 181 g/mol. The summed E-state index contributed by atoms with van der Waals surface area (Å²) in [7, 11) is 0. The highest BCUT2D eigenvalue weighted by Crippen LogP contribution is 2.24. The normalized spacial score (nSPS) is 13.2. The fourth-order valence-corrected chi connectivity index (χ4v) is 2.05. The Bertz CT molecular complexity index is 517. The second-order valence-corrected chi connectivity index (χ2v) is 3.66. The van der Waals surface area contributed by atoms with Gasteiger partial charge in [0.2, 0.25) is 0 Å². The molecule has 0 amide bonds. The minimum Gasteiger partial charge on any atom is -0.300 e. The highest BCUT2D eigenvalue weighted by atomic mass is 14.9. The number of rotatable bonds is 1. The molecule has 0 bridgehead atoms. The molecule has 1 heterocycles. The first-order valence-corrected chi connectivity index (χ1v) is 5.01. The van der Waals surface area contributed by atoms with E-state index in [2.05, 4.69) is 48.0 Å². The van der Waals surface area contributed by atoms with E-state index in [1.807, 2.05) is 0 Å². The van der Waals surface area contributed by atoms with E-state index in [0.29, 0.717) is 0 Å². The zero-order valence-electron chi connectivity index (χ0n) is 8.17. The molecule has 1 aromatic heterocycles. The van der Waals surface area contributed by atoms with Gasteiger partial charge < -0.3 is 4.57 Å². The summed E-state index contributed by atoms with van der Waals surface area (Å²) in [4.78, 5) is 0. The number of benzene rings is 1. The molecule has 0 spiro atoms. The molecule has 68 valence electrons. The Balaban J connectivity index is 2.34. The molecule has 0 fully saturated rings. The van der Waals surface area contributed by atoms with E-state index in [4.69, 9.17) is 0 Å². The van der Waals surface area contributed by atoms with Crippen LogP contribution in [-0.2, 0) is 13.0 Å². The third-order valence-corrected chi connectivity index (χ3v) is 2.83. The van der Waals surface area contributed by atoms with Crippen molar-refractivity contribution in [2.75, 3.05) is 0 Å². The van der Waals surface area contributed by atoms with Gasteiger partial charge >= 0.3 is 0 Å². The smallest absolute Gasteiger partial charge is 0.0652 e. The highest BCUT2D eigenvalue weighted by Gasteiger charge is 2.08. The van der Waals surface area contributed by atoms with Crippen LogP contribution < -0.4 is 0 Å². The van der Waals surface area contributed by atoms with Crippen molar-refractivity contribution in [3.05, 3.63) is 41.6 Å². The van der Waals surface area contributed by atoms with Gasteiger partial charge in [-0.2, -0.15) is 0 Å². The van der Waals surface area contributed by atoms with Crippen molar-refractivity contribution in [2.24, 2.45) is 0 Å². The maximum Gasteiger partial charge on any atom is 0.0652 e. The number of hydrogen-bond acceptors (Lipinski definition) is 0. The van der Waals surface area contributed by atoms with Crippen molar-refractivity contribution in [1.82, 2.24) is 4.57 Å². The lowest BCUT2D eigenvalue weighted by molar-refractivity contribution is 0.797. The van der Waals surface area contributed by atoms with Crippen LogP contribution in [0.2, 0.25) is 0 Å². The predicted octanol–water partition coefficient (Wildman–Crippen LogP) is 2.83. The molecular formula is C13H11N. The van der Waals surface area contributed by atoms with Gasteiger partial charge in [0.15, 0.2) is 0 Å². The summed E-state index contributed by atoms with van der Waals surface area (Å²) in [5.74, 6) is 0. The van der Waals surface area contributed by atoms with E-state index >= 15 is 0 Å². The summed E-state index contributed by atoms with van der Waals surface area (Å²) in [5, 5.41) is 1.19. The third-order valence-electron chi connectivity index (χ3n) is 2.83. The lowest BCUT2D eigenvalue weighted by Crippen LogP contribution is -1.92. The fourth-order valence-electron chi connectivity index (χ4n) is 2.05. The second-order valence-electron chi connectivity index (χ2n) is 3.66. The van der Waals surface area contributed by atoms with Crippen LogP contribution in [0.3, 0.4) is 0 Å². The van der Waals surface area contributed by atoms with Gasteiger partial charge in [0.25, 0.3) is 0 Å². The molecule has 1 heteroatoms. The van der Waals surface area contributed by atoms with E-state index in [0.717, 1.165) is 13.0 Å². The molecule has 1 aliphatic carbocycles. The standard InChI is InChI=1S/C13H11N/c1-2-14-7-6-12-8-10-4-3-5-11(10)9-13(12)14/h3,5,8-9H,2,4H2,1H3. The maximum absolute atomic E-state index is 3.18.